The number of hydrogen-bond donors (Lipinski definition) is 0. The molecule has 0 spiro atoms. The molecule has 0 N–H and O–H groups in total. The second kappa shape index (κ2) is 15.1. The minimum atomic E-state index is -0.199. The zero-order chi connectivity index (χ0) is 42.9. The number of hydrogen-bond acceptors (Lipinski definition) is 1. The SMILES string of the molecule is C1=CC2c3ccccc3C(c3ccccc3)(C3C=CC(N(c4ccc(-c5ccc(-n6c7ccccc7c7ccccc76)cc5)cc4)c4ccc5c(ccc6ccccc65)c4)=CC3)C2C=C1. The van der Waals surface area contributed by atoms with E-state index >= 15 is 0 Å². The van der Waals surface area contributed by atoms with Gasteiger partial charge in [-0.05, 0) is 116 Å². The number of anilines is 2. The van der Waals surface area contributed by atoms with Gasteiger partial charge in [0.25, 0.3) is 0 Å². The molecular formula is C63H46N2. The molecule has 0 saturated carbocycles. The van der Waals surface area contributed by atoms with Crippen LogP contribution in [0.2, 0.25) is 0 Å². The van der Waals surface area contributed by atoms with Crippen LogP contribution in [0.15, 0.2) is 254 Å². The second-order valence-electron chi connectivity index (χ2n) is 18.0. The zero-order valence-corrected chi connectivity index (χ0v) is 36.0. The molecule has 65 heavy (non-hydrogen) atoms. The van der Waals surface area contributed by atoms with Gasteiger partial charge in [-0.3, -0.25) is 0 Å². The third-order valence-corrected chi connectivity index (χ3v) is 14.8. The van der Waals surface area contributed by atoms with Crippen molar-refractivity contribution in [1.29, 1.82) is 0 Å². The average molecular weight is 831 g/mol. The van der Waals surface area contributed by atoms with Crippen LogP contribution < -0.4 is 4.90 Å². The highest BCUT2D eigenvalue weighted by molar-refractivity contribution is 6.10. The van der Waals surface area contributed by atoms with Crippen LogP contribution in [-0.2, 0) is 5.41 Å². The molecule has 0 saturated heterocycles. The number of fused-ring (bicyclic) bond motifs is 9. The van der Waals surface area contributed by atoms with Crippen molar-refractivity contribution in [2.75, 3.05) is 4.90 Å². The van der Waals surface area contributed by atoms with Gasteiger partial charge in [-0.25, -0.2) is 0 Å². The van der Waals surface area contributed by atoms with E-state index in [1.54, 1.807) is 0 Å². The predicted octanol–water partition coefficient (Wildman–Crippen LogP) is 16.2. The van der Waals surface area contributed by atoms with Crippen molar-refractivity contribution < 1.29 is 0 Å². The predicted molar refractivity (Wildman–Crippen MR) is 273 cm³/mol. The van der Waals surface area contributed by atoms with Gasteiger partial charge in [-0.2, -0.15) is 0 Å². The van der Waals surface area contributed by atoms with E-state index in [4.69, 9.17) is 0 Å². The van der Waals surface area contributed by atoms with Crippen molar-refractivity contribution in [3.05, 3.63) is 271 Å². The minimum absolute atomic E-state index is 0.199. The first-order chi connectivity index (χ1) is 32.2. The molecule has 4 unspecified atom stereocenters. The minimum Gasteiger partial charge on any atom is -0.311 e. The third-order valence-electron chi connectivity index (χ3n) is 14.8. The fourth-order valence-electron chi connectivity index (χ4n) is 11.9. The lowest BCUT2D eigenvalue weighted by atomic mass is 9.58. The van der Waals surface area contributed by atoms with Crippen LogP contribution in [0.4, 0.5) is 11.4 Å². The number of nitrogens with zero attached hydrogens (tertiary/aromatic N) is 2. The maximum atomic E-state index is 2.53. The maximum absolute atomic E-state index is 2.53. The van der Waals surface area contributed by atoms with Crippen LogP contribution in [0.5, 0.6) is 0 Å². The first-order valence-electron chi connectivity index (χ1n) is 23.0. The average Bonchev–Trinajstić information content (AvgIpc) is 3.88. The lowest BCUT2D eigenvalue weighted by Gasteiger charge is -2.44. The van der Waals surface area contributed by atoms with E-state index in [1.807, 2.05) is 0 Å². The van der Waals surface area contributed by atoms with Gasteiger partial charge in [0.2, 0.25) is 0 Å². The Bertz CT molecular complexity index is 3530. The van der Waals surface area contributed by atoms with Gasteiger partial charge in [0.05, 0.1) is 11.0 Å². The van der Waals surface area contributed by atoms with E-state index in [0.717, 1.165) is 23.5 Å². The van der Waals surface area contributed by atoms with E-state index in [9.17, 15) is 0 Å². The molecule has 1 heterocycles. The summed E-state index contributed by atoms with van der Waals surface area (Å²) in [5.74, 6) is 0.939. The molecule has 3 aliphatic carbocycles. The van der Waals surface area contributed by atoms with Crippen LogP contribution in [0, 0.1) is 11.8 Å². The third kappa shape index (κ3) is 5.87. The van der Waals surface area contributed by atoms with Gasteiger partial charge < -0.3 is 9.47 Å². The summed E-state index contributed by atoms with van der Waals surface area (Å²) in [6.45, 7) is 0. The van der Waals surface area contributed by atoms with Crippen molar-refractivity contribution in [2.24, 2.45) is 11.8 Å². The standard InChI is InChI=1S/C63H46N2/c1-2-15-47(16-3-1)63(59-22-10-6-18-55(59)56-19-7-11-23-60(56)63)48-32-38-50(39-33-48)64(52-40-41-54-46(42-52)27-26-45-14-4-5-17-53(45)54)49-34-28-43(29-35-49)44-30-36-51(37-31-44)65-61-24-12-8-20-57(61)58-21-9-13-25-62(58)65/h1-32,34-42,48,55,59H,33H2. The molecule has 0 fully saturated rings. The Morgan fingerprint density at radius 2 is 1.09 bits per heavy atom. The topological polar surface area (TPSA) is 8.17 Å². The fraction of sp³-hybridized carbons (Fsp3) is 0.0794. The van der Waals surface area contributed by atoms with Gasteiger partial charge >= 0.3 is 0 Å². The molecule has 0 radical (unpaired) electrons. The van der Waals surface area contributed by atoms with Gasteiger partial charge in [-0.1, -0.05) is 194 Å². The van der Waals surface area contributed by atoms with Gasteiger partial charge in [0, 0.05) is 50.8 Å². The van der Waals surface area contributed by atoms with Crippen molar-refractivity contribution >= 4 is 54.7 Å². The molecule has 4 atom stereocenters. The smallest absolute Gasteiger partial charge is 0.0541 e. The van der Waals surface area contributed by atoms with E-state index in [-0.39, 0.29) is 11.3 Å². The Balaban J connectivity index is 0.886. The van der Waals surface area contributed by atoms with E-state index in [0.29, 0.717) is 11.8 Å². The number of aromatic nitrogens is 1. The summed E-state index contributed by atoms with van der Waals surface area (Å²) in [5, 5.41) is 7.60. The van der Waals surface area contributed by atoms with Gasteiger partial charge in [0.1, 0.15) is 0 Å². The van der Waals surface area contributed by atoms with Crippen molar-refractivity contribution in [1.82, 2.24) is 4.57 Å². The molecule has 3 aliphatic rings. The van der Waals surface area contributed by atoms with Crippen molar-refractivity contribution in [2.45, 2.75) is 17.8 Å². The molecule has 308 valence electrons. The maximum Gasteiger partial charge on any atom is 0.0541 e. The number of para-hydroxylation sites is 2. The van der Waals surface area contributed by atoms with Crippen molar-refractivity contribution in [3.8, 4) is 16.8 Å². The molecule has 1 aromatic heterocycles. The summed E-state index contributed by atoms with van der Waals surface area (Å²) in [4.78, 5) is 2.46. The molecule has 9 aromatic carbocycles. The Morgan fingerprint density at radius 1 is 0.477 bits per heavy atom. The quantitative estimate of drug-likeness (QED) is 0.145. The lowest BCUT2D eigenvalue weighted by Crippen LogP contribution is -2.41. The van der Waals surface area contributed by atoms with E-state index < -0.39 is 0 Å². The first kappa shape index (κ1) is 37.6. The lowest BCUT2D eigenvalue weighted by molar-refractivity contribution is 0.300. The van der Waals surface area contributed by atoms with Crippen LogP contribution in [0.3, 0.4) is 0 Å². The molecular weight excluding hydrogens is 785 g/mol. The highest BCUT2D eigenvalue weighted by Gasteiger charge is 2.55. The number of benzene rings is 9. The molecule has 2 nitrogen and oxygen atoms in total. The van der Waals surface area contributed by atoms with Crippen LogP contribution in [-0.4, -0.2) is 4.57 Å². The summed E-state index contributed by atoms with van der Waals surface area (Å²) in [6.07, 6.45) is 17.8. The monoisotopic (exact) mass is 830 g/mol. The van der Waals surface area contributed by atoms with E-state index in [1.165, 1.54) is 76.9 Å². The van der Waals surface area contributed by atoms with Gasteiger partial charge in [-0.15, -0.1) is 0 Å². The molecule has 0 amide bonds. The summed E-state index contributed by atoms with van der Waals surface area (Å²) in [6, 6.07) is 76.4. The van der Waals surface area contributed by atoms with E-state index in [2.05, 4.69) is 258 Å². The van der Waals surface area contributed by atoms with Crippen LogP contribution in [0.1, 0.15) is 29.0 Å². The van der Waals surface area contributed by atoms with Crippen molar-refractivity contribution in [3.63, 3.8) is 0 Å². The molecule has 13 rings (SSSR count). The van der Waals surface area contributed by atoms with Crippen LogP contribution >= 0.6 is 0 Å². The highest BCUT2D eigenvalue weighted by Crippen LogP contribution is 2.61. The summed E-state index contributed by atoms with van der Waals surface area (Å²) in [5.41, 5.74) is 13.6. The number of allylic oxidation sites excluding steroid dienone is 7. The molecule has 2 heteroatoms. The Labute approximate surface area is 380 Å². The highest BCUT2D eigenvalue weighted by atomic mass is 15.1. The fourth-order valence-corrected chi connectivity index (χ4v) is 11.9. The Hall–Kier alpha value is -7.94. The van der Waals surface area contributed by atoms with Gasteiger partial charge in [0.15, 0.2) is 0 Å². The molecule has 0 bridgehead atoms. The zero-order valence-electron chi connectivity index (χ0n) is 36.0. The second-order valence-corrected chi connectivity index (χ2v) is 18.0. The largest absolute Gasteiger partial charge is 0.311 e. The summed E-state index contributed by atoms with van der Waals surface area (Å²) >= 11 is 0. The molecule has 10 aromatic rings. The Kier molecular flexibility index (Phi) is 8.74. The Morgan fingerprint density at radius 3 is 1.85 bits per heavy atom. The first-order valence-corrected chi connectivity index (χ1v) is 23.0. The van der Waals surface area contributed by atoms with Crippen LogP contribution in [0.25, 0.3) is 60.2 Å². The summed E-state index contributed by atoms with van der Waals surface area (Å²) in [7, 11) is 0. The normalized spacial score (nSPS) is 19.8. The number of rotatable bonds is 7. The molecule has 0 aliphatic heterocycles. The summed E-state index contributed by atoms with van der Waals surface area (Å²) < 4.78 is 2.38.